The van der Waals surface area contributed by atoms with E-state index < -0.39 is 12.8 Å². The molecule has 0 aliphatic heterocycles. The standard InChI is InChI=1S/C13H15F3N4O/c1-9(12-17-5-6-20(12)2)19-10-3-4-11(18-7-10)21-8-13(14,15)16/h3-7,9,19H,8H2,1-2H3. The molecule has 2 aromatic heterocycles. The summed E-state index contributed by atoms with van der Waals surface area (Å²) in [5, 5.41) is 3.16. The van der Waals surface area contributed by atoms with E-state index in [1.54, 1.807) is 12.3 Å². The maximum absolute atomic E-state index is 12.0. The van der Waals surface area contributed by atoms with Crippen LogP contribution in [0.5, 0.6) is 5.88 Å². The van der Waals surface area contributed by atoms with E-state index in [1.807, 2.05) is 24.7 Å². The number of aromatic nitrogens is 3. The second kappa shape index (κ2) is 6.02. The maximum Gasteiger partial charge on any atom is 0.422 e. The second-order valence-electron chi connectivity index (χ2n) is 4.55. The average Bonchev–Trinajstić information content (AvgIpc) is 2.83. The van der Waals surface area contributed by atoms with Gasteiger partial charge in [-0.25, -0.2) is 9.97 Å². The maximum atomic E-state index is 12.0. The first-order chi connectivity index (χ1) is 9.85. The molecule has 0 aliphatic rings. The largest absolute Gasteiger partial charge is 0.468 e. The number of rotatable bonds is 5. The van der Waals surface area contributed by atoms with Crippen molar-refractivity contribution in [2.24, 2.45) is 7.05 Å². The number of aryl methyl sites for hydroxylation is 1. The van der Waals surface area contributed by atoms with E-state index in [1.165, 1.54) is 12.3 Å². The molecule has 0 radical (unpaired) electrons. The predicted molar refractivity (Wildman–Crippen MR) is 71.0 cm³/mol. The molecule has 5 nitrogen and oxygen atoms in total. The van der Waals surface area contributed by atoms with Crippen LogP contribution in [0.15, 0.2) is 30.7 Å². The molecule has 2 aromatic rings. The van der Waals surface area contributed by atoms with Gasteiger partial charge in [0.15, 0.2) is 6.61 Å². The topological polar surface area (TPSA) is 52.0 Å². The van der Waals surface area contributed by atoms with E-state index in [2.05, 4.69) is 20.0 Å². The Morgan fingerprint density at radius 3 is 2.62 bits per heavy atom. The lowest BCUT2D eigenvalue weighted by Gasteiger charge is -2.15. The van der Waals surface area contributed by atoms with E-state index in [4.69, 9.17) is 0 Å². The van der Waals surface area contributed by atoms with Crippen molar-refractivity contribution in [1.82, 2.24) is 14.5 Å². The van der Waals surface area contributed by atoms with Crippen LogP contribution >= 0.6 is 0 Å². The lowest BCUT2D eigenvalue weighted by Crippen LogP contribution is -2.19. The number of anilines is 1. The summed E-state index contributed by atoms with van der Waals surface area (Å²) in [6.07, 6.45) is 0.580. The lowest BCUT2D eigenvalue weighted by molar-refractivity contribution is -0.154. The van der Waals surface area contributed by atoms with Crippen molar-refractivity contribution in [3.63, 3.8) is 0 Å². The van der Waals surface area contributed by atoms with Crippen LogP contribution in [0.4, 0.5) is 18.9 Å². The van der Waals surface area contributed by atoms with Gasteiger partial charge >= 0.3 is 6.18 Å². The molecule has 114 valence electrons. The van der Waals surface area contributed by atoms with Crippen LogP contribution in [-0.4, -0.2) is 27.3 Å². The highest BCUT2D eigenvalue weighted by molar-refractivity contribution is 5.43. The van der Waals surface area contributed by atoms with Crippen molar-refractivity contribution >= 4 is 5.69 Å². The van der Waals surface area contributed by atoms with Gasteiger partial charge in [-0.3, -0.25) is 0 Å². The molecule has 1 N–H and O–H groups in total. The lowest BCUT2D eigenvalue weighted by atomic mass is 10.3. The molecule has 0 spiro atoms. The molecule has 0 amide bonds. The van der Waals surface area contributed by atoms with E-state index in [9.17, 15) is 13.2 Å². The molecule has 0 saturated heterocycles. The number of pyridine rings is 1. The minimum atomic E-state index is -4.37. The Morgan fingerprint density at radius 1 is 1.33 bits per heavy atom. The molecule has 2 rings (SSSR count). The highest BCUT2D eigenvalue weighted by Crippen LogP contribution is 2.20. The van der Waals surface area contributed by atoms with Crippen LogP contribution in [-0.2, 0) is 7.05 Å². The minimum Gasteiger partial charge on any atom is -0.468 e. The summed E-state index contributed by atoms with van der Waals surface area (Å²) >= 11 is 0. The minimum absolute atomic E-state index is 0.0613. The molecule has 0 bridgehead atoms. The zero-order valence-corrected chi connectivity index (χ0v) is 11.6. The number of hydrogen-bond donors (Lipinski definition) is 1. The Balaban J connectivity index is 1.95. The van der Waals surface area contributed by atoms with Gasteiger partial charge in [0.25, 0.3) is 0 Å². The van der Waals surface area contributed by atoms with Crippen LogP contribution in [0.25, 0.3) is 0 Å². The number of ether oxygens (including phenoxy) is 1. The molecule has 21 heavy (non-hydrogen) atoms. The summed E-state index contributed by atoms with van der Waals surface area (Å²) in [7, 11) is 1.88. The third-order valence-corrected chi connectivity index (χ3v) is 2.75. The number of nitrogens with zero attached hydrogens (tertiary/aromatic N) is 3. The van der Waals surface area contributed by atoms with Crippen LogP contribution in [0.2, 0.25) is 0 Å². The SMILES string of the molecule is CC(Nc1ccc(OCC(F)(F)F)nc1)c1nccn1C. The molecule has 0 aromatic carbocycles. The van der Waals surface area contributed by atoms with Gasteiger partial charge in [0.05, 0.1) is 17.9 Å². The van der Waals surface area contributed by atoms with Crippen LogP contribution in [0.1, 0.15) is 18.8 Å². The van der Waals surface area contributed by atoms with Crippen molar-refractivity contribution in [2.45, 2.75) is 19.1 Å². The fraction of sp³-hybridized carbons (Fsp3) is 0.385. The summed E-state index contributed by atoms with van der Waals surface area (Å²) < 4.78 is 42.5. The zero-order chi connectivity index (χ0) is 15.5. The number of halogens is 3. The van der Waals surface area contributed by atoms with E-state index in [0.29, 0.717) is 5.69 Å². The van der Waals surface area contributed by atoms with Gasteiger partial charge in [-0.05, 0) is 13.0 Å². The van der Waals surface area contributed by atoms with Gasteiger partial charge in [-0.15, -0.1) is 0 Å². The summed E-state index contributed by atoms with van der Waals surface area (Å²) in [5.41, 5.74) is 0.671. The van der Waals surface area contributed by atoms with Crippen molar-refractivity contribution in [2.75, 3.05) is 11.9 Å². The number of hydrogen-bond acceptors (Lipinski definition) is 4. The molecule has 8 heteroatoms. The number of alkyl halides is 3. The Labute approximate surface area is 119 Å². The molecule has 0 saturated carbocycles. The first-order valence-electron chi connectivity index (χ1n) is 6.24. The predicted octanol–water partition coefficient (Wildman–Crippen LogP) is 2.93. The Hall–Kier alpha value is -2.25. The molecular weight excluding hydrogens is 285 g/mol. The number of imidazole rings is 1. The fourth-order valence-electron chi connectivity index (χ4n) is 1.82. The van der Waals surface area contributed by atoms with Crippen LogP contribution in [0.3, 0.4) is 0 Å². The molecule has 0 fully saturated rings. The Kier molecular flexibility index (Phi) is 4.35. The second-order valence-corrected chi connectivity index (χ2v) is 4.55. The molecule has 0 aliphatic carbocycles. The first kappa shape index (κ1) is 15.1. The van der Waals surface area contributed by atoms with Crippen molar-refractivity contribution in [3.8, 4) is 5.88 Å². The van der Waals surface area contributed by atoms with Crippen molar-refractivity contribution in [3.05, 3.63) is 36.5 Å². The van der Waals surface area contributed by atoms with Gasteiger partial charge in [0, 0.05) is 25.5 Å². The highest BCUT2D eigenvalue weighted by Gasteiger charge is 2.28. The quantitative estimate of drug-likeness (QED) is 0.922. The molecule has 2 heterocycles. The third kappa shape index (κ3) is 4.37. The highest BCUT2D eigenvalue weighted by atomic mass is 19.4. The monoisotopic (exact) mass is 300 g/mol. The normalized spacial score (nSPS) is 13.0. The van der Waals surface area contributed by atoms with Crippen LogP contribution in [0, 0.1) is 0 Å². The zero-order valence-electron chi connectivity index (χ0n) is 11.6. The molecule has 1 unspecified atom stereocenters. The summed E-state index contributed by atoms with van der Waals surface area (Å²) in [6.45, 7) is 0.576. The summed E-state index contributed by atoms with van der Waals surface area (Å²) in [4.78, 5) is 8.04. The molecule has 1 atom stereocenters. The number of nitrogens with one attached hydrogen (secondary N) is 1. The van der Waals surface area contributed by atoms with E-state index in [0.717, 1.165) is 5.82 Å². The van der Waals surface area contributed by atoms with Gasteiger partial charge in [0.1, 0.15) is 5.82 Å². The van der Waals surface area contributed by atoms with Gasteiger partial charge in [0.2, 0.25) is 5.88 Å². The van der Waals surface area contributed by atoms with Gasteiger partial charge in [-0.2, -0.15) is 13.2 Å². The van der Waals surface area contributed by atoms with Gasteiger partial charge in [-0.1, -0.05) is 0 Å². The van der Waals surface area contributed by atoms with Crippen molar-refractivity contribution in [1.29, 1.82) is 0 Å². The Bertz CT molecular complexity index is 580. The fourth-order valence-corrected chi connectivity index (χ4v) is 1.82. The Morgan fingerprint density at radius 2 is 2.10 bits per heavy atom. The van der Waals surface area contributed by atoms with E-state index in [-0.39, 0.29) is 11.9 Å². The molecular formula is C13H15F3N4O. The first-order valence-corrected chi connectivity index (χ1v) is 6.24. The van der Waals surface area contributed by atoms with E-state index >= 15 is 0 Å². The van der Waals surface area contributed by atoms with Crippen LogP contribution < -0.4 is 10.1 Å². The third-order valence-electron chi connectivity index (χ3n) is 2.75. The average molecular weight is 300 g/mol. The summed E-state index contributed by atoms with van der Waals surface area (Å²) in [6, 6.07) is 2.94. The summed E-state index contributed by atoms with van der Waals surface area (Å²) in [5.74, 6) is 0.773. The smallest absolute Gasteiger partial charge is 0.422 e. The van der Waals surface area contributed by atoms with Crippen molar-refractivity contribution < 1.29 is 17.9 Å². The van der Waals surface area contributed by atoms with Gasteiger partial charge < -0.3 is 14.6 Å².